The normalized spacial score (nSPS) is 18.1. The van der Waals surface area contributed by atoms with E-state index in [-0.39, 0.29) is 24.3 Å². The first-order valence-corrected chi connectivity index (χ1v) is 8.13. The minimum atomic E-state index is -0.469. The van der Waals surface area contributed by atoms with Crippen molar-refractivity contribution in [3.63, 3.8) is 0 Å². The smallest absolute Gasteiger partial charge is 0.162 e. The summed E-state index contributed by atoms with van der Waals surface area (Å²) in [4.78, 5) is 0. The zero-order valence-electron chi connectivity index (χ0n) is 13.7. The largest absolute Gasteiger partial charge is 0.493 e. The Morgan fingerprint density at radius 2 is 2.08 bits per heavy atom. The third kappa shape index (κ3) is 4.98. The number of methoxy groups -OCH3 is 1. The number of hydrogen-bond donors (Lipinski definition) is 1. The predicted octanol–water partition coefficient (Wildman–Crippen LogP) is 4.02. The first-order valence-electron chi connectivity index (χ1n) is 7.75. The van der Waals surface area contributed by atoms with Crippen LogP contribution in [-0.4, -0.2) is 32.9 Å². The van der Waals surface area contributed by atoms with Gasteiger partial charge in [0, 0.05) is 24.2 Å². The van der Waals surface area contributed by atoms with E-state index in [1.165, 1.54) is 12.1 Å². The van der Waals surface area contributed by atoms with Gasteiger partial charge in [-0.05, 0) is 29.8 Å². The lowest BCUT2D eigenvalue weighted by molar-refractivity contribution is -0.0439. The summed E-state index contributed by atoms with van der Waals surface area (Å²) in [5.74, 6) is 0.742. The van der Waals surface area contributed by atoms with Gasteiger partial charge in [-0.3, -0.25) is 0 Å². The molecule has 25 heavy (non-hydrogen) atoms. The third-order valence-corrected chi connectivity index (χ3v) is 4.09. The first kappa shape index (κ1) is 19.8. The molecule has 4 nitrogen and oxygen atoms in total. The molecule has 1 saturated heterocycles. The molecule has 1 unspecified atom stereocenters. The highest BCUT2D eigenvalue weighted by molar-refractivity contribution is 6.30. The fraction of sp³-hybridized carbons (Fsp3) is 0.333. The van der Waals surface area contributed by atoms with Crippen LogP contribution in [0.15, 0.2) is 42.5 Å². The Balaban J connectivity index is 0.00000225. The third-order valence-electron chi connectivity index (χ3n) is 3.85. The van der Waals surface area contributed by atoms with Crippen LogP contribution < -0.4 is 14.8 Å². The van der Waals surface area contributed by atoms with Crippen molar-refractivity contribution in [1.82, 2.24) is 5.32 Å². The molecule has 0 radical (unpaired) electrons. The van der Waals surface area contributed by atoms with Crippen molar-refractivity contribution in [2.45, 2.75) is 12.2 Å². The molecule has 1 aliphatic rings. The summed E-state index contributed by atoms with van der Waals surface area (Å²) >= 11 is 6.00. The number of ether oxygens (including phenoxy) is 3. The van der Waals surface area contributed by atoms with Crippen molar-refractivity contribution in [3.05, 3.63) is 58.9 Å². The molecule has 0 aliphatic carbocycles. The first-order chi connectivity index (χ1) is 11.7. The molecular weight excluding hydrogens is 368 g/mol. The Bertz CT molecular complexity index is 696. The quantitative estimate of drug-likeness (QED) is 0.840. The molecular formula is C18H20Cl2FNO3. The van der Waals surface area contributed by atoms with Crippen LogP contribution in [0.4, 0.5) is 4.39 Å². The molecule has 2 atom stereocenters. The second-order valence-electron chi connectivity index (χ2n) is 5.50. The zero-order valence-corrected chi connectivity index (χ0v) is 15.3. The van der Waals surface area contributed by atoms with Gasteiger partial charge in [0.25, 0.3) is 0 Å². The Hall–Kier alpha value is -1.53. The van der Waals surface area contributed by atoms with Crippen molar-refractivity contribution in [3.8, 4) is 11.5 Å². The predicted molar refractivity (Wildman–Crippen MR) is 97.6 cm³/mol. The number of halogens is 3. The molecule has 1 aliphatic heterocycles. The van der Waals surface area contributed by atoms with Crippen LogP contribution in [0.5, 0.6) is 11.5 Å². The second-order valence-corrected chi connectivity index (χ2v) is 5.94. The van der Waals surface area contributed by atoms with Crippen molar-refractivity contribution in [2.24, 2.45) is 0 Å². The van der Waals surface area contributed by atoms with Gasteiger partial charge in [-0.2, -0.15) is 0 Å². The molecule has 0 spiro atoms. The number of benzene rings is 2. The molecule has 0 amide bonds. The molecule has 2 aromatic rings. The molecule has 2 aromatic carbocycles. The standard InChI is InChI=1S/C18H19ClFNO3.ClH/c1-22-16-10-13(19)5-6-15(16)24-18(17-11-21-7-8-23-17)12-3-2-4-14(20)9-12;/h2-6,9-10,17-18,21H,7-8,11H2,1H3;1H/t17-,18?;/m0./s1. The number of nitrogens with one attached hydrogen (secondary N) is 1. The molecule has 1 heterocycles. The summed E-state index contributed by atoms with van der Waals surface area (Å²) in [6.07, 6.45) is -0.704. The topological polar surface area (TPSA) is 39.7 Å². The van der Waals surface area contributed by atoms with E-state index in [9.17, 15) is 4.39 Å². The van der Waals surface area contributed by atoms with E-state index in [1.54, 1.807) is 31.4 Å². The van der Waals surface area contributed by atoms with Crippen molar-refractivity contribution in [2.75, 3.05) is 26.8 Å². The van der Waals surface area contributed by atoms with E-state index in [0.717, 1.165) is 6.54 Å². The van der Waals surface area contributed by atoms with E-state index >= 15 is 0 Å². The Morgan fingerprint density at radius 1 is 1.24 bits per heavy atom. The van der Waals surface area contributed by atoms with Gasteiger partial charge in [0.05, 0.1) is 13.7 Å². The molecule has 0 aromatic heterocycles. The maximum atomic E-state index is 13.7. The molecule has 1 fully saturated rings. The average Bonchev–Trinajstić information content (AvgIpc) is 2.61. The van der Waals surface area contributed by atoms with Crippen LogP contribution >= 0.6 is 24.0 Å². The van der Waals surface area contributed by atoms with E-state index in [2.05, 4.69) is 5.32 Å². The second kappa shape index (κ2) is 9.25. The van der Waals surface area contributed by atoms with Crippen molar-refractivity contribution < 1.29 is 18.6 Å². The fourth-order valence-electron chi connectivity index (χ4n) is 2.70. The lowest BCUT2D eigenvalue weighted by Crippen LogP contribution is -2.43. The molecule has 3 rings (SSSR count). The van der Waals surface area contributed by atoms with Gasteiger partial charge in [-0.15, -0.1) is 12.4 Å². The van der Waals surface area contributed by atoms with E-state index < -0.39 is 6.10 Å². The zero-order chi connectivity index (χ0) is 16.9. The van der Waals surface area contributed by atoms with Gasteiger partial charge >= 0.3 is 0 Å². The lowest BCUT2D eigenvalue weighted by Gasteiger charge is -2.32. The summed E-state index contributed by atoms with van der Waals surface area (Å²) < 4.78 is 31.0. The van der Waals surface area contributed by atoms with Crippen LogP contribution in [0.1, 0.15) is 11.7 Å². The van der Waals surface area contributed by atoms with E-state index in [0.29, 0.717) is 35.2 Å². The number of hydrogen-bond acceptors (Lipinski definition) is 4. The molecule has 136 valence electrons. The van der Waals surface area contributed by atoms with Gasteiger partial charge in [0.15, 0.2) is 17.6 Å². The Morgan fingerprint density at radius 3 is 2.76 bits per heavy atom. The summed E-state index contributed by atoms with van der Waals surface area (Å²) in [6, 6.07) is 11.5. The summed E-state index contributed by atoms with van der Waals surface area (Å²) in [6.45, 7) is 1.99. The van der Waals surface area contributed by atoms with E-state index in [1.807, 2.05) is 6.07 Å². The minimum Gasteiger partial charge on any atom is -0.493 e. The van der Waals surface area contributed by atoms with Crippen LogP contribution in [0.3, 0.4) is 0 Å². The van der Waals surface area contributed by atoms with Crippen LogP contribution in [-0.2, 0) is 4.74 Å². The van der Waals surface area contributed by atoms with Crippen molar-refractivity contribution in [1.29, 1.82) is 0 Å². The summed E-state index contributed by atoms with van der Waals surface area (Å²) in [5.41, 5.74) is 0.709. The fourth-order valence-corrected chi connectivity index (χ4v) is 2.86. The highest BCUT2D eigenvalue weighted by atomic mass is 35.5. The number of rotatable bonds is 5. The molecule has 1 N–H and O–H groups in total. The van der Waals surface area contributed by atoms with Crippen LogP contribution in [0.25, 0.3) is 0 Å². The van der Waals surface area contributed by atoms with Crippen LogP contribution in [0.2, 0.25) is 5.02 Å². The monoisotopic (exact) mass is 387 g/mol. The Kier molecular flexibility index (Phi) is 7.32. The lowest BCUT2D eigenvalue weighted by atomic mass is 10.0. The highest BCUT2D eigenvalue weighted by Gasteiger charge is 2.29. The molecule has 0 saturated carbocycles. The van der Waals surface area contributed by atoms with Gasteiger partial charge in [-0.25, -0.2) is 4.39 Å². The Labute approximate surface area is 157 Å². The van der Waals surface area contributed by atoms with Gasteiger partial charge < -0.3 is 19.5 Å². The molecule has 7 heteroatoms. The summed E-state index contributed by atoms with van der Waals surface area (Å²) in [7, 11) is 1.55. The maximum Gasteiger partial charge on any atom is 0.162 e. The SMILES string of the molecule is COc1cc(Cl)ccc1OC(c1cccc(F)c1)[C@@H]1CNCCO1.Cl. The van der Waals surface area contributed by atoms with Crippen molar-refractivity contribution >= 4 is 24.0 Å². The van der Waals surface area contributed by atoms with E-state index in [4.69, 9.17) is 25.8 Å². The van der Waals surface area contributed by atoms with Crippen LogP contribution in [0, 0.1) is 5.82 Å². The number of morpholine rings is 1. The summed E-state index contributed by atoms with van der Waals surface area (Å²) in [5, 5.41) is 3.82. The minimum absolute atomic E-state index is 0. The highest BCUT2D eigenvalue weighted by Crippen LogP contribution is 2.35. The van der Waals surface area contributed by atoms with Gasteiger partial charge in [-0.1, -0.05) is 23.7 Å². The molecule has 0 bridgehead atoms. The maximum absolute atomic E-state index is 13.7. The average molecular weight is 388 g/mol. The van der Waals surface area contributed by atoms with Gasteiger partial charge in [0.2, 0.25) is 0 Å². The van der Waals surface area contributed by atoms with Gasteiger partial charge in [0.1, 0.15) is 11.9 Å².